The minimum atomic E-state index is -0.269. The second-order valence-corrected chi connectivity index (χ2v) is 5.52. The maximum absolute atomic E-state index is 12.3. The Kier molecular flexibility index (Phi) is 8.73. The number of amides is 1. The third-order valence-electron chi connectivity index (χ3n) is 3.57. The third kappa shape index (κ3) is 7.63. The molecule has 1 aromatic carbocycles. The Balaban J connectivity index is 2.39. The maximum Gasteiger partial charge on any atom is 0.307 e. The largest absolute Gasteiger partial charge is 0.466 e. The molecule has 4 heteroatoms. The zero-order valence-corrected chi connectivity index (χ0v) is 14.2. The van der Waals surface area contributed by atoms with Gasteiger partial charge >= 0.3 is 5.97 Å². The molecule has 1 amide bonds. The van der Waals surface area contributed by atoms with Gasteiger partial charge in [0, 0.05) is 19.5 Å². The van der Waals surface area contributed by atoms with Crippen LogP contribution in [-0.2, 0) is 20.7 Å². The number of nitrogens with zero attached hydrogens (tertiary/aromatic N) is 1. The van der Waals surface area contributed by atoms with Crippen LogP contribution in [0.1, 0.15) is 37.3 Å². The van der Waals surface area contributed by atoms with Crippen LogP contribution in [0.5, 0.6) is 0 Å². The second kappa shape index (κ2) is 10.6. The van der Waals surface area contributed by atoms with Crippen molar-refractivity contribution < 1.29 is 14.3 Å². The lowest BCUT2D eigenvalue weighted by molar-refractivity contribution is -0.144. The highest BCUT2D eigenvalue weighted by molar-refractivity contribution is 5.77. The summed E-state index contributed by atoms with van der Waals surface area (Å²) in [5.74, 6) is -0.213. The number of hydrogen-bond acceptors (Lipinski definition) is 3. The quantitative estimate of drug-likeness (QED) is 0.491. The fourth-order valence-electron chi connectivity index (χ4n) is 2.29. The number of carbonyl (C=O) groups is 2. The van der Waals surface area contributed by atoms with E-state index in [-0.39, 0.29) is 18.3 Å². The smallest absolute Gasteiger partial charge is 0.307 e. The van der Waals surface area contributed by atoms with E-state index >= 15 is 0 Å². The zero-order valence-electron chi connectivity index (χ0n) is 14.2. The van der Waals surface area contributed by atoms with E-state index in [0.717, 1.165) is 12.8 Å². The van der Waals surface area contributed by atoms with Gasteiger partial charge in [0.15, 0.2) is 0 Å². The van der Waals surface area contributed by atoms with E-state index < -0.39 is 0 Å². The van der Waals surface area contributed by atoms with Crippen molar-refractivity contribution in [1.29, 1.82) is 0 Å². The van der Waals surface area contributed by atoms with Gasteiger partial charge < -0.3 is 9.64 Å². The Morgan fingerprint density at radius 1 is 1.22 bits per heavy atom. The van der Waals surface area contributed by atoms with Crippen molar-refractivity contribution in [2.45, 2.75) is 39.5 Å². The van der Waals surface area contributed by atoms with Crippen molar-refractivity contribution in [1.82, 2.24) is 4.90 Å². The van der Waals surface area contributed by atoms with Crippen molar-refractivity contribution in [3.8, 4) is 0 Å². The molecule has 0 N–H and O–H groups in total. The van der Waals surface area contributed by atoms with Crippen molar-refractivity contribution in [3.05, 3.63) is 48.0 Å². The molecule has 0 heterocycles. The molecule has 0 aliphatic rings. The fourth-order valence-corrected chi connectivity index (χ4v) is 2.29. The van der Waals surface area contributed by atoms with Crippen LogP contribution < -0.4 is 0 Å². The maximum atomic E-state index is 12.3. The molecule has 0 radical (unpaired) electrons. The predicted molar refractivity (Wildman–Crippen MR) is 92.1 cm³/mol. The van der Waals surface area contributed by atoms with Gasteiger partial charge in [-0.1, -0.05) is 35.9 Å². The summed E-state index contributed by atoms with van der Waals surface area (Å²) in [6.45, 7) is 8.72. The summed E-state index contributed by atoms with van der Waals surface area (Å²) >= 11 is 0. The number of benzene rings is 1. The summed E-state index contributed by atoms with van der Waals surface area (Å²) in [6.07, 6.45) is 4.07. The van der Waals surface area contributed by atoms with Crippen molar-refractivity contribution in [2.75, 3.05) is 19.7 Å². The molecule has 0 saturated carbocycles. The van der Waals surface area contributed by atoms with E-state index in [1.807, 2.05) is 0 Å². The molecule has 1 rings (SSSR count). The molecule has 4 nitrogen and oxygen atoms in total. The molecule has 0 aliphatic carbocycles. The van der Waals surface area contributed by atoms with Gasteiger partial charge in [-0.05, 0) is 32.3 Å². The number of aryl methyl sites for hydroxylation is 2. The van der Waals surface area contributed by atoms with E-state index in [1.54, 1.807) is 17.9 Å². The lowest BCUT2D eigenvalue weighted by atomic mass is 10.1. The third-order valence-corrected chi connectivity index (χ3v) is 3.57. The molecule has 126 valence electrons. The molecule has 0 unspecified atom stereocenters. The van der Waals surface area contributed by atoms with Crippen LogP contribution in [0.4, 0.5) is 0 Å². The van der Waals surface area contributed by atoms with Crippen molar-refractivity contribution in [3.63, 3.8) is 0 Å². The number of ether oxygens (including phenoxy) is 1. The molecule has 23 heavy (non-hydrogen) atoms. The van der Waals surface area contributed by atoms with E-state index in [4.69, 9.17) is 4.74 Å². The molecular formula is C19H27NO3. The minimum Gasteiger partial charge on any atom is -0.466 e. The van der Waals surface area contributed by atoms with Gasteiger partial charge in [-0.3, -0.25) is 9.59 Å². The normalized spacial score (nSPS) is 10.2. The van der Waals surface area contributed by atoms with E-state index in [0.29, 0.717) is 26.1 Å². The highest BCUT2D eigenvalue weighted by atomic mass is 16.5. The second-order valence-electron chi connectivity index (χ2n) is 5.52. The lowest BCUT2D eigenvalue weighted by Crippen LogP contribution is -2.33. The highest BCUT2D eigenvalue weighted by Gasteiger charge is 2.14. The average Bonchev–Trinajstić information content (AvgIpc) is 2.53. The van der Waals surface area contributed by atoms with Gasteiger partial charge in [0.1, 0.15) is 0 Å². The van der Waals surface area contributed by atoms with Gasteiger partial charge in [-0.15, -0.1) is 6.58 Å². The van der Waals surface area contributed by atoms with Crippen LogP contribution >= 0.6 is 0 Å². The van der Waals surface area contributed by atoms with Crippen molar-refractivity contribution in [2.24, 2.45) is 0 Å². The SMILES string of the molecule is C=CCN(CCC(=O)OCC)C(=O)CCCc1ccc(C)cc1. The number of esters is 1. The molecule has 0 saturated heterocycles. The summed E-state index contributed by atoms with van der Waals surface area (Å²) in [6, 6.07) is 8.37. The van der Waals surface area contributed by atoms with Crippen LogP contribution in [0.25, 0.3) is 0 Å². The van der Waals surface area contributed by atoms with E-state index in [1.165, 1.54) is 11.1 Å². The first kappa shape index (κ1) is 18.9. The Hall–Kier alpha value is -2.10. The van der Waals surface area contributed by atoms with Gasteiger partial charge in [-0.25, -0.2) is 0 Å². The molecule has 1 aromatic rings. The topological polar surface area (TPSA) is 46.6 Å². The average molecular weight is 317 g/mol. The number of hydrogen-bond donors (Lipinski definition) is 0. The molecular weight excluding hydrogens is 290 g/mol. The number of rotatable bonds is 10. The van der Waals surface area contributed by atoms with Crippen LogP contribution in [0.3, 0.4) is 0 Å². The molecule has 0 fully saturated rings. The summed E-state index contributed by atoms with van der Waals surface area (Å²) in [7, 11) is 0. The monoisotopic (exact) mass is 317 g/mol. The highest BCUT2D eigenvalue weighted by Crippen LogP contribution is 2.09. The first-order valence-electron chi connectivity index (χ1n) is 8.16. The van der Waals surface area contributed by atoms with E-state index in [9.17, 15) is 9.59 Å². The standard InChI is InChI=1S/C19H27NO3/c1-4-14-20(15-13-19(22)23-5-2)18(21)8-6-7-17-11-9-16(3)10-12-17/h4,9-12H,1,5-8,13-15H2,2-3H3. The van der Waals surface area contributed by atoms with Crippen LogP contribution in [0, 0.1) is 6.92 Å². The fraction of sp³-hybridized carbons (Fsp3) is 0.474. The summed E-state index contributed by atoms with van der Waals surface area (Å²) in [5.41, 5.74) is 2.48. The lowest BCUT2D eigenvalue weighted by Gasteiger charge is -2.20. The summed E-state index contributed by atoms with van der Waals surface area (Å²) in [5, 5.41) is 0. The first-order chi connectivity index (χ1) is 11.1. The summed E-state index contributed by atoms with van der Waals surface area (Å²) in [4.78, 5) is 25.4. The van der Waals surface area contributed by atoms with Crippen LogP contribution in [0.15, 0.2) is 36.9 Å². The molecule has 0 bridgehead atoms. The predicted octanol–water partition coefficient (Wildman–Crippen LogP) is 3.29. The van der Waals surface area contributed by atoms with Gasteiger partial charge in [-0.2, -0.15) is 0 Å². The van der Waals surface area contributed by atoms with Gasteiger partial charge in [0.25, 0.3) is 0 Å². The molecule has 0 spiro atoms. The Morgan fingerprint density at radius 3 is 2.52 bits per heavy atom. The Bertz CT molecular complexity index is 508. The van der Waals surface area contributed by atoms with E-state index in [2.05, 4.69) is 37.8 Å². The number of carbonyl (C=O) groups excluding carboxylic acids is 2. The molecule has 0 aromatic heterocycles. The minimum absolute atomic E-state index is 0.0568. The van der Waals surface area contributed by atoms with Gasteiger partial charge in [0.2, 0.25) is 5.91 Å². The Morgan fingerprint density at radius 2 is 1.91 bits per heavy atom. The zero-order chi connectivity index (χ0) is 17.1. The summed E-state index contributed by atoms with van der Waals surface area (Å²) < 4.78 is 4.90. The molecule has 0 aliphatic heterocycles. The first-order valence-corrected chi connectivity index (χ1v) is 8.16. The van der Waals surface area contributed by atoms with Gasteiger partial charge in [0.05, 0.1) is 13.0 Å². The van der Waals surface area contributed by atoms with Crippen LogP contribution in [-0.4, -0.2) is 36.5 Å². The van der Waals surface area contributed by atoms with Crippen molar-refractivity contribution >= 4 is 11.9 Å². The Labute approximate surface area is 139 Å². The molecule has 0 atom stereocenters. The van der Waals surface area contributed by atoms with Crippen LogP contribution in [0.2, 0.25) is 0 Å².